The number of nitro groups is 1. The van der Waals surface area contributed by atoms with Crippen LogP contribution in [0.25, 0.3) is 0 Å². The van der Waals surface area contributed by atoms with Gasteiger partial charge in [-0.3, -0.25) is 14.9 Å². The summed E-state index contributed by atoms with van der Waals surface area (Å²) >= 11 is 0.804. The Morgan fingerprint density at radius 1 is 1.07 bits per heavy atom. The van der Waals surface area contributed by atoms with Crippen LogP contribution in [-0.4, -0.2) is 45.8 Å². The number of nitrogens with zero attached hydrogens (tertiary/aromatic N) is 1. The molecule has 3 rings (SSSR count). The average Bonchev–Trinajstić information content (AvgIpc) is 2.76. The van der Waals surface area contributed by atoms with E-state index in [0.717, 1.165) is 24.0 Å². The van der Waals surface area contributed by atoms with Crippen molar-refractivity contribution < 1.29 is 19.9 Å². The number of nitrogens with one attached hydrogen (secondary N) is 2. The molecule has 30 heavy (non-hydrogen) atoms. The summed E-state index contributed by atoms with van der Waals surface area (Å²) in [6.45, 7) is -0.594. The number of benzene rings is 1. The molecule has 2 aliphatic carbocycles. The van der Waals surface area contributed by atoms with Gasteiger partial charge in [-0.05, 0) is 43.7 Å². The summed E-state index contributed by atoms with van der Waals surface area (Å²) in [6.07, 6.45) is 14.6. The zero-order valence-corrected chi connectivity index (χ0v) is 18.1. The quantitative estimate of drug-likeness (QED) is 0.273. The summed E-state index contributed by atoms with van der Waals surface area (Å²) in [5.41, 5.74) is -0.118. The highest BCUT2D eigenvalue weighted by Crippen LogP contribution is 2.26. The van der Waals surface area contributed by atoms with E-state index in [4.69, 9.17) is 10.2 Å². The number of carbonyl (C=O) groups is 1. The maximum Gasteiger partial charge on any atom is 0.323 e. The number of carboxylic acids is 1. The van der Waals surface area contributed by atoms with Gasteiger partial charge in [-0.2, -0.15) is 0 Å². The molecule has 8 nitrogen and oxygen atoms in total. The van der Waals surface area contributed by atoms with Crippen molar-refractivity contribution in [2.24, 2.45) is 0 Å². The molecule has 0 saturated heterocycles. The lowest BCUT2D eigenvalue weighted by molar-refractivity contribution is -0.387. The molecule has 1 atom stereocenters. The first-order valence-corrected chi connectivity index (χ1v) is 11.6. The van der Waals surface area contributed by atoms with Crippen molar-refractivity contribution >= 4 is 23.6 Å². The number of nitro benzene ring substituents is 1. The van der Waals surface area contributed by atoms with Crippen LogP contribution in [0.5, 0.6) is 0 Å². The molecule has 0 amide bonds. The third-order valence-electron chi connectivity index (χ3n) is 5.54. The molecular weight excluding hydrogens is 406 g/mol. The van der Waals surface area contributed by atoms with Crippen LogP contribution in [0.2, 0.25) is 0 Å². The smallest absolute Gasteiger partial charge is 0.323 e. The first kappa shape index (κ1) is 24.6. The van der Waals surface area contributed by atoms with Gasteiger partial charge in [0.1, 0.15) is 10.9 Å². The lowest BCUT2D eigenvalue weighted by atomic mass is 9.91. The third-order valence-corrected chi connectivity index (χ3v) is 6.50. The van der Waals surface area contributed by atoms with Gasteiger partial charge in [-0.1, -0.05) is 50.7 Å². The van der Waals surface area contributed by atoms with Crippen molar-refractivity contribution in [1.82, 2.24) is 10.0 Å². The van der Waals surface area contributed by atoms with Crippen molar-refractivity contribution in [1.29, 1.82) is 0 Å². The molecular formula is C21H33N3O5S. The fourth-order valence-corrected chi connectivity index (χ4v) is 4.70. The van der Waals surface area contributed by atoms with Crippen molar-refractivity contribution in [3.8, 4) is 0 Å². The maximum absolute atomic E-state index is 10.7. The van der Waals surface area contributed by atoms with Crippen molar-refractivity contribution in [3.05, 3.63) is 34.4 Å². The second-order valence-electron chi connectivity index (χ2n) is 7.85. The molecule has 4 N–H and O–H groups in total. The minimum atomic E-state index is -1.22. The van der Waals surface area contributed by atoms with Gasteiger partial charge in [-0.25, -0.2) is 4.72 Å². The van der Waals surface area contributed by atoms with Crippen LogP contribution in [0.4, 0.5) is 5.69 Å². The van der Waals surface area contributed by atoms with Crippen LogP contribution in [0.3, 0.4) is 0 Å². The molecule has 9 heteroatoms. The Kier molecular flexibility index (Phi) is 11.1. The first-order valence-electron chi connectivity index (χ1n) is 10.8. The SMILES string of the molecule is C1CCC(NC2CCCCC2)CC1.O=C(O)[C@H](CO)NSc1ccccc1[N+](=O)[O-]. The number of hydrogen-bond acceptors (Lipinski definition) is 7. The zero-order valence-electron chi connectivity index (χ0n) is 17.3. The third kappa shape index (κ3) is 8.59. The van der Waals surface area contributed by atoms with Gasteiger partial charge in [0.05, 0.1) is 11.5 Å². The van der Waals surface area contributed by atoms with Crippen LogP contribution in [0.15, 0.2) is 29.2 Å². The molecule has 2 saturated carbocycles. The van der Waals surface area contributed by atoms with E-state index in [2.05, 4.69) is 10.0 Å². The minimum absolute atomic E-state index is 0.118. The molecule has 168 valence electrons. The maximum atomic E-state index is 10.7. The van der Waals surface area contributed by atoms with Gasteiger partial charge in [0.25, 0.3) is 5.69 Å². The Morgan fingerprint density at radius 2 is 1.60 bits per heavy atom. The highest BCUT2D eigenvalue weighted by molar-refractivity contribution is 7.97. The number of aliphatic hydroxyl groups excluding tert-OH is 1. The van der Waals surface area contributed by atoms with Crippen LogP contribution in [-0.2, 0) is 4.79 Å². The fourth-order valence-electron chi connectivity index (χ4n) is 3.87. The molecule has 0 unspecified atom stereocenters. The molecule has 0 radical (unpaired) electrons. The number of hydrogen-bond donors (Lipinski definition) is 4. The predicted molar refractivity (Wildman–Crippen MR) is 117 cm³/mol. The van der Waals surface area contributed by atoms with Gasteiger partial charge in [0.15, 0.2) is 0 Å². The molecule has 0 spiro atoms. The Balaban J connectivity index is 0.000000220. The van der Waals surface area contributed by atoms with Crippen LogP contribution in [0, 0.1) is 10.1 Å². The highest BCUT2D eigenvalue weighted by atomic mass is 32.2. The standard InChI is InChI=1S/C12H23N.C9H10N2O5S/c1-3-7-11(8-4-1)13-12-9-5-2-6-10-12;12-5-6(9(13)14)10-17-8-4-2-1-3-7(8)11(15)16/h11-13H,1-10H2;1-4,6,10,12H,5H2,(H,13,14)/t;6-/m.0/s1. The van der Waals surface area contributed by atoms with E-state index in [1.165, 1.54) is 82.4 Å². The van der Waals surface area contributed by atoms with E-state index in [0.29, 0.717) is 0 Å². The Morgan fingerprint density at radius 3 is 2.07 bits per heavy atom. The van der Waals surface area contributed by atoms with Crippen molar-refractivity contribution in [2.45, 2.75) is 87.2 Å². The van der Waals surface area contributed by atoms with Gasteiger partial charge < -0.3 is 15.5 Å². The van der Waals surface area contributed by atoms with E-state index >= 15 is 0 Å². The zero-order chi connectivity index (χ0) is 21.8. The van der Waals surface area contributed by atoms with Crippen LogP contribution in [0.1, 0.15) is 64.2 Å². The normalized spacial score (nSPS) is 18.8. The van der Waals surface area contributed by atoms with Crippen molar-refractivity contribution in [2.75, 3.05) is 6.61 Å². The number of rotatable bonds is 8. The van der Waals surface area contributed by atoms with E-state index in [1.807, 2.05) is 0 Å². The Hall–Kier alpha value is -1.68. The summed E-state index contributed by atoms with van der Waals surface area (Å²) < 4.78 is 2.44. The number of carboxylic acid groups (broad SMARTS) is 1. The van der Waals surface area contributed by atoms with Gasteiger partial charge in [-0.15, -0.1) is 0 Å². The summed E-state index contributed by atoms with van der Waals surface area (Å²) in [6, 6.07) is 6.51. The van der Waals surface area contributed by atoms with Gasteiger partial charge >= 0.3 is 5.97 Å². The average molecular weight is 440 g/mol. The molecule has 2 fully saturated rings. The lowest BCUT2D eigenvalue weighted by Crippen LogP contribution is -2.40. The minimum Gasteiger partial charge on any atom is -0.480 e. The predicted octanol–water partition coefficient (Wildman–Crippen LogP) is 3.88. The molecule has 0 aromatic heterocycles. The number of para-hydroxylation sites is 1. The Labute approximate surface area is 182 Å². The molecule has 0 bridgehead atoms. The topological polar surface area (TPSA) is 125 Å². The monoisotopic (exact) mass is 439 g/mol. The fraction of sp³-hybridized carbons (Fsp3) is 0.667. The summed E-state index contributed by atoms with van der Waals surface area (Å²) in [5, 5.41) is 31.9. The van der Waals surface area contributed by atoms with E-state index in [-0.39, 0.29) is 10.6 Å². The molecule has 2 aliphatic rings. The number of aliphatic hydroxyl groups is 1. The van der Waals surface area contributed by atoms with Gasteiger partial charge in [0.2, 0.25) is 0 Å². The number of aliphatic carboxylic acids is 1. The Bertz CT molecular complexity index is 648. The van der Waals surface area contributed by atoms with E-state index in [9.17, 15) is 14.9 Å². The first-order chi connectivity index (χ1) is 14.5. The van der Waals surface area contributed by atoms with Crippen LogP contribution >= 0.6 is 11.9 Å². The summed E-state index contributed by atoms with van der Waals surface area (Å²) in [7, 11) is 0. The van der Waals surface area contributed by atoms with Crippen LogP contribution < -0.4 is 10.0 Å². The molecule has 1 aromatic rings. The second kappa shape index (κ2) is 13.6. The van der Waals surface area contributed by atoms with E-state index < -0.39 is 23.5 Å². The molecule has 1 aromatic carbocycles. The summed E-state index contributed by atoms with van der Waals surface area (Å²) in [4.78, 5) is 21.0. The highest BCUT2D eigenvalue weighted by Gasteiger charge is 2.20. The molecule has 0 aliphatic heterocycles. The van der Waals surface area contributed by atoms with Gasteiger partial charge in [0, 0.05) is 18.2 Å². The van der Waals surface area contributed by atoms with Crippen molar-refractivity contribution in [3.63, 3.8) is 0 Å². The summed E-state index contributed by atoms with van der Waals surface area (Å²) in [5.74, 6) is -1.22. The lowest BCUT2D eigenvalue weighted by Gasteiger charge is -2.30. The molecule has 0 heterocycles. The largest absolute Gasteiger partial charge is 0.480 e. The second-order valence-corrected chi connectivity index (χ2v) is 8.73. The van der Waals surface area contributed by atoms with E-state index in [1.54, 1.807) is 6.07 Å².